The van der Waals surface area contributed by atoms with E-state index in [0.29, 0.717) is 25.0 Å². The summed E-state index contributed by atoms with van der Waals surface area (Å²) in [6.45, 7) is 2.37. The number of aromatic nitrogens is 2. The first-order chi connectivity index (χ1) is 15.6. The summed E-state index contributed by atoms with van der Waals surface area (Å²) in [4.78, 5) is 22.8. The standard InChI is InChI=1S/C26H27N3O3/c30-25(31)14-19-12-22(13-19)29-11-10-24-21(16-29)15-27-26(28-24)20-6-8-23(9-7-20)32-17-18-4-2-1-3-5-18/h1-9,15,19,22H,10-14,16-17H2,(H,30,31). The highest BCUT2D eigenvalue weighted by atomic mass is 16.5. The molecule has 2 aliphatic rings. The molecule has 0 spiro atoms. The van der Waals surface area contributed by atoms with Crippen molar-refractivity contribution in [2.24, 2.45) is 5.92 Å². The average Bonchev–Trinajstić information content (AvgIpc) is 2.80. The van der Waals surface area contributed by atoms with Crippen LogP contribution in [0.4, 0.5) is 0 Å². The maximum Gasteiger partial charge on any atom is 0.303 e. The Morgan fingerprint density at radius 2 is 1.88 bits per heavy atom. The lowest BCUT2D eigenvalue weighted by Gasteiger charge is -2.44. The highest BCUT2D eigenvalue weighted by Gasteiger charge is 2.36. The fraction of sp³-hybridized carbons (Fsp3) is 0.346. The lowest BCUT2D eigenvalue weighted by molar-refractivity contribution is -0.139. The van der Waals surface area contributed by atoms with E-state index < -0.39 is 5.97 Å². The van der Waals surface area contributed by atoms with Crippen molar-refractivity contribution >= 4 is 5.97 Å². The molecular weight excluding hydrogens is 402 g/mol. The molecule has 0 bridgehead atoms. The number of carboxylic acid groups (broad SMARTS) is 1. The van der Waals surface area contributed by atoms with Gasteiger partial charge in [0.05, 0.1) is 5.69 Å². The molecule has 1 aromatic heterocycles. The van der Waals surface area contributed by atoms with Crippen LogP contribution in [0.5, 0.6) is 5.75 Å². The van der Waals surface area contributed by atoms with Crippen molar-refractivity contribution in [3.63, 3.8) is 0 Å². The minimum absolute atomic E-state index is 0.295. The summed E-state index contributed by atoms with van der Waals surface area (Å²) >= 11 is 0. The zero-order valence-electron chi connectivity index (χ0n) is 18.0. The SMILES string of the molecule is O=C(O)CC1CC(N2CCc3nc(-c4ccc(OCc5ccccc5)cc4)ncc3C2)C1. The van der Waals surface area contributed by atoms with Crippen molar-refractivity contribution in [3.05, 3.63) is 77.6 Å². The van der Waals surface area contributed by atoms with Crippen molar-refractivity contribution in [2.45, 2.75) is 44.9 Å². The molecule has 2 aromatic carbocycles. The van der Waals surface area contributed by atoms with E-state index >= 15 is 0 Å². The summed E-state index contributed by atoms with van der Waals surface area (Å²) < 4.78 is 5.87. The van der Waals surface area contributed by atoms with Gasteiger partial charge in [-0.25, -0.2) is 9.97 Å². The van der Waals surface area contributed by atoms with Gasteiger partial charge in [-0.15, -0.1) is 0 Å². The van der Waals surface area contributed by atoms with Crippen molar-refractivity contribution in [3.8, 4) is 17.1 Å². The number of nitrogens with zero attached hydrogens (tertiary/aromatic N) is 3. The van der Waals surface area contributed by atoms with Gasteiger partial charge in [-0.1, -0.05) is 30.3 Å². The van der Waals surface area contributed by atoms with Crippen LogP contribution in [0.15, 0.2) is 60.8 Å². The topological polar surface area (TPSA) is 75.5 Å². The van der Waals surface area contributed by atoms with Crippen LogP contribution in [0.2, 0.25) is 0 Å². The molecule has 0 saturated heterocycles. The molecule has 0 unspecified atom stereocenters. The Balaban J connectivity index is 1.19. The van der Waals surface area contributed by atoms with Gasteiger partial charge in [-0.05, 0) is 48.6 Å². The number of hydrogen-bond donors (Lipinski definition) is 1. The second kappa shape index (κ2) is 9.09. The van der Waals surface area contributed by atoms with Gasteiger partial charge < -0.3 is 9.84 Å². The molecule has 6 heteroatoms. The molecule has 5 rings (SSSR count). The van der Waals surface area contributed by atoms with Gasteiger partial charge in [-0.2, -0.15) is 0 Å². The van der Waals surface area contributed by atoms with E-state index in [9.17, 15) is 4.79 Å². The summed E-state index contributed by atoms with van der Waals surface area (Å²) in [5.74, 6) is 1.22. The number of carbonyl (C=O) groups is 1. The number of aliphatic carboxylic acids is 1. The van der Waals surface area contributed by atoms with Gasteiger partial charge in [0, 0.05) is 49.3 Å². The van der Waals surface area contributed by atoms with Gasteiger partial charge in [0.25, 0.3) is 0 Å². The molecule has 0 radical (unpaired) electrons. The third kappa shape index (κ3) is 4.65. The predicted molar refractivity (Wildman–Crippen MR) is 121 cm³/mol. The Morgan fingerprint density at radius 3 is 2.62 bits per heavy atom. The Labute approximate surface area is 187 Å². The lowest BCUT2D eigenvalue weighted by Crippen LogP contribution is -2.47. The van der Waals surface area contributed by atoms with E-state index in [4.69, 9.17) is 14.8 Å². The first-order valence-electron chi connectivity index (χ1n) is 11.2. The molecule has 164 valence electrons. The van der Waals surface area contributed by atoms with E-state index in [1.165, 1.54) is 5.56 Å². The third-order valence-electron chi connectivity index (χ3n) is 6.51. The average molecular weight is 430 g/mol. The van der Waals surface area contributed by atoms with E-state index in [1.54, 1.807) is 0 Å². The van der Waals surface area contributed by atoms with Crippen LogP contribution in [-0.2, 0) is 24.4 Å². The van der Waals surface area contributed by atoms with E-state index in [0.717, 1.165) is 60.7 Å². The maximum atomic E-state index is 10.9. The van der Waals surface area contributed by atoms with E-state index in [2.05, 4.69) is 22.0 Å². The Morgan fingerprint density at radius 1 is 1.09 bits per heavy atom. The van der Waals surface area contributed by atoms with Crippen molar-refractivity contribution in [2.75, 3.05) is 6.54 Å². The van der Waals surface area contributed by atoms with Gasteiger partial charge in [0.15, 0.2) is 5.82 Å². The molecule has 1 fully saturated rings. The molecule has 3 aromatic rings. The molecule has 32 heavy (non-hydrogen) atoms. The van der Waals surface area contributed by atoms with E-state index in [-0.39, 0.29) is 0 Å². The minimum Gasteiger partial charge on any atom is -0.489 e. The Hall–Kier alpha value is -3.25. The fourth-order valence-electron chi connectivity index (χ4n) is 4.64. The highest BCUT2D eigenvalue weighted by molar-refractivity contribution is 5.67. The number of rotatable bonds is 7. The number of fused-ring (bicyclic) bond motifs is 1. The second-order valence-corrected chi connectivity index (χ2v) is 8.77. The molecule has 0 atom stereocenters. The van der Waals surface area contributed by atoms with Gasteiger partial charge in [0.2, 0.25) is 0 Å². The molecular formula is C26H27N3O3. The number of carboxylic acids is 1. The third-order valence-corrected chi connectivity index (χ3v) is 6.51. The zero-order valence-corrected chi connectivity index (χ0v) is 18.0. The number of ether oxygens (including phenoxy) is 1. The molecule has 0 amide bonds. The predicted octanol–water partition coefficient (Wildman–Crippen LogP) is 4.33. The van der Waals surface area contributed by atoms with Gasteiger partial charge in [-0.3, -0.25) is 9.69 Å². The summed E-state index contributed by atoms with van der Waals surface area (Å²) in [7, 11) is 0. The van der Waals surface area contributed by atoms with Crippen molar-refractivity contribution in [1.29, 1.82) is 0 Å². The highest BCUT2D eigenvalue weighted by Crippen LogP contribution is 2.36. The van der Waals surface area contributed by atoms with E-state index in [1.807, 2.05) is 48.7 Å². The van der Waals surface area contributed by atoms with Gasteiger partial charge >= 0.3 is 5.97 Å². The Kier molecular flexibility index (Phi) is 5.86. The monoisotopic (exact) mass is 429 g/mol. The fourth-order valence-corrected chi connectivity index (χ4v) is 4.64. The normalized spacial score (nSPS) is 20.2. The summed E-state index contributed by atoms with van der Waals surface area (Å²) in [6.07, 6.45) is 5.13. The lowest BCUT2D eigenvalue weighted by atomic mass is 9.77. The summed E-state index contributed by atoms with van der Waals surface area (Å²) in [5.41, 5.74) is 4.43. The molecule has 2 heterocycles. The molecule has 1 aliphatic carbocycles. The zero-order chi connectivity index (χ0) is 21.9. The largest absolute Gasteiger partial charge is 0.489 e. The van der Waals surface area contributed by atoms with Crippen molar-refractivity contribution < 1.29 is 14.6 Å². The maximum absolute atomic E-state index is 10.9. The van der Waals surface area contributed by atoms with Crippen LogP contribution in [0.3, 0.4) is 0 Å². The number of hydrogen-bond acceptors (Lipinski definition) is 5. The molecule has 1 saturated carbocycles. The van der Waals surface area contributed by atoms with Crippen molar-refractivity contribution in [1.82, 2.24) is 14.9 Å². The molecule has 1 N–H and O–H groups in total. The summed E-state index contributed by atoms with van der Waals surface area (Å²) in [5, 5.41) is 8.95. The number of benzene rings is 2. The second-order valence-electron chi connectivity index (χ2n) is 8.77. The van der Waals surface area contributed by atoms with Crippen LogP contribution in [0, 0.1) is 5.92 Å². The van der Waals surface area contributed by atoms with Gasteiger partial charge in [0.1, 0.15) is 12.4 Å². The van der Waals surface area contributed by atoms with Crippen LogP contribution < -0.4 is 4.74 Å². The first-order valence-corrected chi connectivity index (χ1v) is 11.2. The quantitative estimate of drug-likeness (QED) is 0.602. The van der Waals surface area contributed by atoms with Crippen LogP contribution in [0.25, 0.3) is 11.4 Å². The van der Waals surface area contributed by atoms with Crippen LogP contribution in [-0.4, -0.2) is 38.5 Å². The summed E-state index contributed by atoms with van der Waals surface area (Å²) in [6, 6.07) is 18.6. The van der Waals surface area contributed by atoms with Crippen LogP contribution in [0.1, 0.15) is 36.1 Å². The first kappa shape index (κ1) is 20.6. The molecule has 6 nitrogen and oxygen atoms in total. The Bertz CT molecular complexity index is 1080. The molecule has 1 aliphatic heterocycles. The minimum atomic E-state index is -0.686. The van der Waals surface area contributed by atoms with Crippen LogP contribution >= 0.6 is 0 Å². The smallest absolute Gasteiger partial charge is 0.303 e.